The van der Waals surface area contributed by atoms with Gasteiger partial charge in [0.2, 0.25) is 11.9 Å². The average Bonchev–Trinajstić information content (AvgIpc) is 2.70. The predicted molar refractivity (Wildman–Crippen MR) is 112 cm³/mol. The molecule has 0 fully saturated rings. The molecule has 1 aromatic heterocycles. The van der Waals surface area contributed by atoms with Crippen molar-refractivity contribution in [2.75, 3.05) is 22.6 Å². The molecule has 0 saturated carbocycles. The average molecular weight is 391 g/mol. The summed E-state index contributed by atoms with van der Waals surface area (Å²) in [6.45, 7) is 3.96. The molecule has 0 atom stereocenters. The number of rotatable bonds is 7. The lowest BCUT2D eigenvalue weighted by Crippen LogP contribution is -2.13. The number of nitrogens with zero attached hydrogens (tertiary/aromatic N) is 2. The van der Waals surface area contributed by atoms with Gasteiger partial charge in [-0.1, -0.05) is 6.07 Å². The van der Waals surface area contributed by atoms with Crippen LogP contribution in [0.15, 0.2) is 60.9 Å². The molecule has 0 aliphatic carbocycles. The van der Waals surface area contributed by atoms with Gasteiger partial charge in [0.15, 0.2) is 0 Å². The number of hydrogen-bond donors (Lipinski definition) is 3. The lowest BCUT2D eigenvalue weighted by Gasteiger charge is -2.09. The molecule has 148 valence electrons. The van der Waals surface area contributed by atoms with Crippen molar-refractivity contribution in [3.8, 4) is 5.75 Å². The zero-order valence-electron chi connectivity index (χ0n) is 16.1. The summed E-state index contributed by atoms with van der Waals surface area (Å²) in [6.07, 6.45) is 2.88. The molecule has 0 aliphatic rings. The molecule has 0 saturated heterocycles. The van der Waals surface area contributed by atoms with Gasteiger partial charge in [-0.25, -0.2) is 9.97 Å². The Labute approximate surface area is 168 Å². The second kappa shape index (κ2) is 9.32. The van der Waals surface area contributed by atoms with Crippen LogP contribution in [0.4, 0.5) is 23.0 Å². The van der Waals surface area contributed by atoms with Crippen LogP contribution in [-0.2, 0) is 4.79 Å². The van der Waals surface area contributed by atoms with Gasteiger partial charge in [-0.2, -0.15) is 0 Å². The van der Waals surface area contributed by atoms with Crippen molar-refractivity contribution >= 4 is 34.8 Å². The summed E-state index contributed by atoms with van der Waals surface area (Å²) in [5.74, 6) is 0.627. The SMILES string of the molecule is CCOc1ccc(Nc2ncc(C(=O)Nc3cccc(NC(C)=O)c3)cn2)cc1. The van der Waals surface area contributed by atoms with Crippen LogP contribution in [-0.4, -0.2) is 28.4 Å². The Bertz CT molecular complexity index is 988. The van der Waals surface area contributed by atoms with Gasteiger partial charge in [0.05, 0.1) is 12.2 Å². The highest BCUT2D eigenvalue weighted by Crippen LogP contribution is 2.19. The van der Waals surface area contributed by atoms with E-state index in [1.165, 1.54) is 19.3 Å². The van der Waals surface area contributed by atoms with Crippen molar-refractivity contribution in [2.24, 2.45) is 0 Å². The second-order valence-electron chi connectivity index (χ2n) is 6.09. The molecule has 8 heteroatoms. The van der Waals surface area contributed by atoms with Crippen molar-refractivity contribution in [3.05, 3.63) is 66.5 Å². The maximum atomic E-state index is 12.4. The van der Waals surface area contributed by atoms with Gasteiger partial charge >= 0.3 is 0 Å². The molecular weight excluding hydrogens is 370 g/mol. The van der Waals surface area contributed by atoms with Crippen LogP contribution < -0.4 is 20.7 Å². The summed E-state index contributed by atoms with van der Waals surface area (Å²) in [6, 6.07) is 14.3. The Morgan fingerprint density at radius 2 is 1.59 bits per heavy atom. The van der Waals surface area contributed by atoms with Crippen molar-refractivity contribution in [1.82, 2.24) is 9.97 Å². The third-order valence-corrected chi connectivity index (χ3v) is 3.78. The standard InChI is InChI=1S/C21H21N5O3/c1-3-29-19-9-7-16(8-10-19)26-21-22-12-15(13-23-21)20(28)25-18-6-4-5-17(11-18)24-14(2)27/h4-13H,3H2,1-2H3,(H,24,27)(H,25,28)(H,22,23,26). The lowest BCUT2D eigenvalue weighted by atomic mass is 10.2. The molecule has 3 aromatic rings. The smallest absolute Gasteiger partial charge is 0.258 e. The Hall–Kier alpha value is -3.94. The van der Waals surface area contributed by atoms with Gasteiger partial charge in [0.1, 0.15) is 5.75 Å². The van der Waals surface area contributed by atoms with Gasteiger partial charge in [-0.3, -0.25) is 9.59 Å². The number of nitrogens with one attached hydrogen (secondary N) is 3. The molecule has 1 heterocycles. The summed E-state index contributed by atoms with van der Waals surface area (Å²) >= 11 is 0. The minimum absolute atomic E-state index is 0.183. The van der Waals surface area contributed by atoms with Gasteiger partial charge in [0.25, 0.3) is 5.91 Å². The summed E-state index contributed by atoms with van der Waals surface area (Å²) in [5.41, 5.74) is 2.27. The van der Waals surface area contributed by atoms with E-state index in [0.29, 0.717) is 29.5 Å². The molecule has 29 heavy (non-hydrogen) atoms. The van der Waals surface area contributed by atoms with Crippen LogP contribution in [0.25, 0.3) is 0 Å². The number of carbonyl (C=O) groups excluding carboxylic acids is 2. The number of carbonyl (C=O) groups is 2. The molecule has 0 unspecified atom stereocenters. The van der Waals surface area contributed by atoms with E-state index >= 15 is 0 Å². The van der Waals surface area contributed by atoms with E-state index in [1.54, 1.807) is 24.3 Å². The van der Waals surface area contributed by atoms with Gasteiger partial charge < -0.3 is 20.7 Å². The molecule has 2 aromatic carbocycles. The first-order chi connectivity index (χ1) is 14.0. The summed E-state index contributed by atoms with van der Waals surface area (Å²) in [7, 11) is 0. The van der Waals surface area contributed by atoms with Crippen LogP contribution in [0, 0.1) is 0 Å². The van der Waals surface area contributed by atoms with Crippen molar-refractivity contribution < 1.29 is 14.3 Å². The molecule has 0 bridgehead atoms. The highest BCUT2D eigenvalue weighted by atomic mass is 16.5. The van der Waals surface area contributed by atoms with Crippen LogP contribution >= 0.6 is 0 Å². The first kappa shape index (κ1) is 19.8. The monoisotopic (exact) mass is 391 g/mol. The van der Waals surface area contributed by atoms with Crippen molar-refractivity contribution in [3.63, 3.8) is 0 Å². The van der Waals surface area contributed by atoms with E-state index in [1.807, 2.05) is 31.2 Å². The molecule has 0 radical (unpaired) electrons. The topological polar surface area (TPSA) is 105 Å². The largest absolute Gasteiger partial charge is 0.494 e. The lowest BCUT2D eigenvalue weighted by molar-refractivity contribution is -0.114. The third kappa shape index (κ3) is 5.77. The van der Waals surface area contributed by atoms with Gasteiger partial charge in [-0.15, -0.1) is 0 Å². The van der Waals surface area contributed by atoms with Crippen LogP contribution in [0.2, 0.25) is 0 Å². The Balaban J connectivity index is 1.62. The number of ether oxygens (including phenoxy) is 1. The molecular formula is C21H21N5O3. The molecule has 0 aliphatic heterocycles. The molecule has 8 nitrogen and oxygen atoms in total. The van der Waals surface area contributed by atoms with Gasteiger partial charge in [-0.05, 0) is 49.4 Å². The summed E-state index contributed by atoms with van der Waals surface area (Å²) < 4.78 is 5.40. The van der Waals surface area contributed by atoms with E-state index in [0.717, 1.165) is 11.4 Å². The fraction of sp³-hybridized carbons (Fsp3) is 0.143. The van der Waals surface area contributed by atoms with Crippen LogP contribution in [0.1, 0.15) is 24.2 Å². The number of amides is 2. The van der Waals surface area contributed by atoms with E-state index in [9.17, 15) is 9.59 Å². The third-order valence-electron chi connectivity index (χ3n) is 3.78. The minimum Gasteiger partial charge on any atom is -0.494 e. The van der Waals surface area contributed by atoms with Crippen molar-refractivity contribution in [2.45, 2.75) is 13.8 Å². The number of benzene rings is 2. The summed E-state index contributed by atoms with van der Waals surface area (Å²) in [5, 5.41) is 8.49. The first-order valence-corrected chi connectivity index (χ1v) is 9.04. The van der Waals surface area contributed by atoms with Crippen LogP contribution in [0.5, 0.6) is 5.75 Å². The quantitative estimate of drug-likeness (QED) is 0.565. The maximum absolute atomic E-state index is 12.4. The fourth-order valence-electron chi connectivity index (χ4n) is 2.52. The Kier molecular flexibility index (Phi) is 6.36. The zero-order valence-corrected chi connectivity index (χ0v) is 16.1. The predicted octanol–water partition coefficient (Wildman–Crippen LogP) is 3.83. The Morgan fingerprint density at radius 3 is 2.21 bits per heavy atom. The van der Waals surface area contributed by atoms with E-state index in [-0.39, 0.29) is 11.8 Å². The van der Waals surface area contributed by atoms with E-state index in [4.69, 9.17) is 4.74 Å². The number of anilines is 4. The van der Waals surface area contributed by atoms with Gasteiger partial charge in [0, 0.05) is 36.4 Å². The normalized spacial score (nSPS) is 10.1. The highest BCUT2D eigenvalue weighted by molar-refractivity contribution is 6.04. The molecule has 3 rings (SSSR count). The Morgan fingerprint density at radius 1 is 0.931 bits per heavy atom. The maximum Gasteiger partial charge on any atom is 0.258 e. The number of aromatic nitrogens is 2. The van der Waals surface area contributed by atoms with Crippen molar-refractivity contribution in [1.29, 1.82) is 0 Å². The summed E-state index contributed by atoms with van der Waals surface area (Å²) in [4.78, 5) is 31.9. The molecule has 3 N–H and O–H groups in total. The number of hydrogen-bond acceptors (Lipinski definition) is 6. The molecule has 0 spiro atoms. The van der Waals surface area contributed by atoms with E-state index in [2.05, 4.69) is 25.9 Å². The minimum atomic E-state index is -0.349. The molecule has 2 amide bonds. The second-order valence-corrected chi connectivity index (χ2v) is 6.09. The van der Waals surface area contributed by atoms with Crippen LogP contribution in [0.3, 0.4) is 0 Å². The first-order valence-electron chi connectivity index (χ1n) is 9.04. The zero-order chi connectivity index (χ0) is 20.6. The van der Waals surface area contributed by atoms with E-state index < -0.39 is 0 Å². The fourth-order valence-corrected chi connectivity index (χ4v) is 2.52. The highest BCUT2D eigenvalue weighted by Gasteiger charge is 2.09.